The molecule has 0 amide bonds. The van der Waals surface area contributed by atoms with Gasteiger partial charge in [-0.25, -0.2) is 14.8 Å². The lowest BCUT2D eigenvalue weighted by molar-refractivity contribution is -0.198. The molecular weight excluding hydrogens is 463 g/mol. The number of nitrogens with zero attached hydrogens (tertiary/aromatic N) is 2. The second kappa shape index (κ2) is 9.80. The summed E-state index contributed by atoms with van der Waals surface area (Å²) in [6.45, 7) is 0. The van der Waals surface area contributed by atoms with E-state index in [1.165, 1.54) is 30.5 Å². The van der Waals surface area contributed by atoms with E-state index in [-0.39, 0.29) is 29.2 Å². The van der Waals surface area contributed by atoms with Gasteiger partial charge in [-0.1, -0.05) is 48.5 Å². The molecule has 10 heteroatoms. The minimum atomic E-state index is -4.75. The summed E-state index contributed by atoms with van der Waals surface area (Å²) in [5, 5.41) is 16.3. The third-order valence-corrected chi connectivity index (χ3v) is 5.10. The molecule has 0 bridgehead atoms. The fourth-order valence-electron chi connectivity index (χ4n) is 3.44. The van der Waals surface area contributed by atoms with Gasteiger partial charge in [-0.15, -0.1) is 0 Å². The lowest BCUT2D eigenvalue weighted by Gasteiger charge is -2.23. The first-order chi connectivity index (χ1) is 16.7. The first-order valence-corrected chi connectivity index (χ1v) is 10.3. The third kappa shape index (κ3) is 5.55. The van der Waals surface area contributed by atoms with Crippen LogP contribution in [-0.2, 0) is 11.2 Å². The molecule has 1 unspecified atom stereocenters. The Balaban J connectivity index is 1.62. The summed E-state index contributed by atoms with van der Waals surface area (Å²) in [6, 6.07) is 16.9. The predicted molar refractivity (Wildman–Crippen MR) is 120 cm³/mol. The van der Waals surface area contributed by atoms with Crippen molar-refractivity contribution in [2.75, 3.05) is 0 Å². The molecule has 0 aliphatic rings. The maximum Gasteiger partial charge on any atom is 0.429 e. The van der Waals surface area contributed by atoms with Crippen molar-refractivity contribution in [1.82, 2.24) is 9.97 Å². The fraction of sp³-hybridized carbons (Fsp3) is 0.120. The predicted octanol–water partition coefficient (Wildman–Crippen LogP) is 5.73. The summed E-state index contributed by atoms with van der Waals surface area (Å²) in [6.07, 6.45) is -4.64. The number of aromatic nitrogens is 2. The average Bonchev–Trinajstić information content (AvgIpc) is 3.37. The SMILES string of the molecule is N=C(Cc1ccc(-c2cc(OC(c3ccccc3-c3ccco3)C(F)(F)F)ncn2)cc1)C(=O)O. The topological polar surface area (TPSA) is 109 Å². The van der Waals surface area contributed by atoms with Crippen LogP contribution < -0.4 is 4.74 Å². The van der Waals surface area contributed by atoms with Crippen LogP contribution in [0.25, 0.3) is 22.6 Å². The van der Waals surface area contributed by atoms with Crippen molar-refractivity contribution >= 4 is 11.7 Å². The number of hydrogen-bond acceptors (Lipinski definition) is 6. The quantitative estimate of drug-likeness (QED) is 0.311. The second-order valence-electron chi connectivity index (χ2n) is 7.50. The third-order valence-electron chi connectivity index (χ3n) is 5.10. The molecular formula is C25H18F3N3O4. The zero-order chi connectivity index (χ0) is 25.0. The maximum absolute atomic E-state index is 14.1. The normalized spacial score (nSPS) is 12.2. The minimum absolute atomic E-state index is 0.0594. The van der Waals surface area contributed by atoms with Crippen LogP contribution in [0.1, 0.15) is 17.2 Å². The highest BCUT2D eigenvalue weighted by Gasteiger charge is 2.44. The average molecular weight is 481 g/mol. The highest BCUT2D eigenvalue weighted by atomic mass is 19.4. The van der Waals surface area contributed by atoms with Crippen LogP contribution in [0.2, 0.25) is 0 Å². The number of hydrogen-bond donors (Lipinski definition) is 2. The van der Waals surface area contributed by atoms with Crippen molar-refractivity contribution in [3.8, 4) is 28.5 Å². The Morgan fingerprint density at radius 1 is 1.06 bits per heavy atom. The van der Waals surface area contributed by atoms with Crippen molar-refractivity contribution in [3.63, 3.8) is 0 Å². The Morgan fingerprint density at radius 3 is 2.46 bits per heavy atom. The Labute approximate surface area is 197 Å². The first-order valence-electron chi connectivity index (χ1n) is 10.3. The summed E-state index contributed by atoms with van der Waals surface area (Å²) in [5.41, 5.74) is 1.14. The van der Waals surface area contributed by atoms with Crippen molar-refractivity contribution in [2.24, 2.45) is 0 Å². The molecule has 0 saturated carbocycles. The molecule has 2 heterocycles. The fourth-order valence-corrected chi connectivity index (χ4v) is 3.44. The lowest BCUT2D eigenvalue weighted by atomic mass is 10.00. The largest absolute Gasteiger partial charge is 0.477 e. The lowest BCUT2D eigenvalue weighted by Crippen LogP contribution is -2.27. The van der Waals surface area contributed by atoms with Crippen molar-refractivity contribution < 1.29 is 32.2 Å². The van der Waals surface area contributed by atoms with Crippen LogP contribution in [0.4, 0.5) is 13.2 Å². The highest BCUT2D eigenvalue weighted by molar-refractivity contribution is 6.34. The molecule has 2 aromatic carbocycles. The second-order valence-corrected chi connectivity index (χ2v) is 7.50. The molecule has 2 aromatic heterocycles. The molecule has 1 atom stereocenters. The zero-order valence-corrected chi connectivity index (χ0v) is 18.0. The number of furan rings is 1. The van der Waals surface area contributed by atoms with Crippen LogP contribution in [0, 0.1) is 5.41 Å². The number of carboxylic acids is 1. The molecule has 4 rings (SSSR count). The first kappa shape index (κ1) is 23.7. The Kier molecular flexibility index (Phi) is 6.63. The van der Waals surface area contributed by atoms with E-state index in [1.54, 1.807) is 42.5 Å². The molecule has 0 saturated heterocycles. The van der Waals surface area contributed by atoms with Gasteiger partial charge in [0.15, 0.2) is 0 Å². The molecule has 178 valence electrons. The molecule has 0 radical (unpaired) electrons. The van der Waals surface area contributed by atoms with Gasteiger partial charge in [0.25, 0.3) is 0 Å². The summed E-state index contributed by atoms with van der Waals surface area (Å²) >= 11 is 0. The van der Waals surface area contributed by atoms with Crippen LogP contribution in [0.5, 0.6) is 5.88 Å². The maximum atomic E-state index is 14.1. The van der Waals surface area contributed by atoms with Crippen LogP contribution in [0.3, 0.4) is 0 Å². The Morgan fingerprint density at radius 2 is 1.80 bits per heavy atom. The summed E-state index contributed by atoms with van der Waals surface area (Å²) in [5.74, 6) is -1.30. The smallest absolute Gasteiger partial charge is 0.429 e. The van der Waals surface area contributed by atoms with E-state index in [1.807, 2.05) is 0 Å². The molecule has 0 aliphatic heterocycles. The van der Waals surface area contributed by atoms with Gasteiger partial charge in [0.05, 0.1) is 12.0 Å². The molecule has 0 spiro atoms. The van der Waals surface area contributed by atoms with E-state index in [9.17, 15) is 18.0 Å². The summed E-state index contributed by atoms with van der Waals surface area (Å²) < 4.78 is 52.9. The van der Waals surface area contributed by atoms with E-state index in [4.69, 9.17) is 19.7 Å². The standard InChI is InChI=1S/C25H18F3N3O4/c26-25(27,28)23(18-5-2-1-4-17(18)21-6-3-11-34-21)35-22-13-20(30-14-31-22)16-9-7-15(8-10-16)12-19(29)24(32)33/h1-11,13-14,23,29H,12H2,(H,32,33). The van der Waals surface area contributed by atoms with Gasteiger partial charge in [0, 0.05) is 29.2 Å². The number of rotatable bonds is 8. The number of benzene rings is 2. The Hall–Kier alpha value is -4.47. The van der Waals surface area contributed by atoms with Crippen molar-refractivity contribution in [1.29, 1.82) is 5.41 Å². The van der Waals surface area contributed by atoms with Gasteiger partial charge < -0.3 is 14.3 Å². The number of ether oxygens (including phenoxy) is 1. The number of carbonyl (C=O) groups is 1. The van der Waals surface area contributed by atoms with Gasteiger partial charge in [-0.2, -0.15) is 13.2 Å². The molecule has 0 fully saturated rings. The zero-order valence-electron chi connectivity index (χ0n) is 18.0. The number of alkyl halides is 3. The Bertz CT molecular complexity index is 1340. The molecule has 7 nitrogen and oxygen atoms in total. The van der Waals surface area contributed by atoms with Gasteiger partial charge in [-0.3, -0.25) is 5.41 Å². The van der Waals surface area contributed by atoms with Gasteiger partial charge in [-0.05, 0) is 17.7 Å². The van der Waals surface area contributed by atoms with Crippen LogP contribution in [0.15, 0.2) is 83.7 Å². The highest BCUT2D eigenvalue weighted by Crippen LogP contribution is 2.41. The number of aliphatic carboxylic acids is 1. The van der Waals surface area contributed by atoms with Crippen LogP contribution in [-0.4, -0.2) is 32.9 Å². The number of nitrogens with one attached hydrogen (secondary N) is 1. The van der Waals surface area contributed by atoms with Gasteiger partial charge >= 0.3 is 12.1 Å². The van der Waals surface area contributed by atoms with E-state index in [0.717, 1.165) is 6.33 Å². The summed E-state index contributed by atoms with van der Waals surface area (Å²) in [4.78, 5) is 18.8. The number of halogens is 3. The molecule has 4 aromatic rings. The number of carboxylic acid groups (broad SMARTS) is 1. The van der Waals surface area contributed by atoms with E-state index < -0.39 is 24.0 Å². The van der Waals surface area contributed by atoms with Crippen LogP contribution >= 0.6 is 0 Å². The van der Waals surface area contributed by atoms with E-state index >= 15 is 0 Å². The molecule has 0 aliphatic carbocycles. The van der Waals surface area contributed by atoms with Gasteiger partial charge in [0.2, 0.25) is 12.0 Å². The minimum Gasteiger partial charge on any atom is -0.477 e. The van der Waals surface area contributed by atoms with E-state index in [2.05, 4.69) is 9.97 Å². The molecule has 2 N–H and O–H groups in total. The monoisotopic (exact) mass is 481 g/mol. The van der Waals surface area contributed by atoms with Crippen molar-refractivity contribution in [2.45, 2.75) is 18.7 Å². The van der Waals surface area contributed by atoms with Crippen molar-refractivity contribution in [3.05, 3.63) is 90.4 Å². The van der Waals surface area contributed by atoms with E-state index in [0.29, 0.717) is 16.8 Å². The van der Waals surface area contributed by atoms with Gasteiger partial charge in [0.1, 0.15) is 17.8 Å². The summed E-state index contributed by atoms with van der Waals surface area (Å²) in [7, 11) is 0. The molecule has 35 heavy (non-hydrogen) atoms.